The summed E-state index contributed by atoms with van der Waals surface area (Å²) >= 11 is 0. The van der Waals surface area contributed by atoms with E-state index in [2.05, 4.69) is 6.26 Å². The average molecular weight is 120 g/mol. The molecule has 1 aliphatic rings. The van der Waals surface area contributed by atoms with E-state index in [1.807, 2.05) is 21.6 Å². The van der Waals surface area contributed by atoms with Gasteiger partial charge in [-0.2, -0.15) is 0 Å². The van der Waals surface area contributed by atoms with Crippen LogP contribution in [0.5, 0.6) is 0 Å². The Morgan fingerprint density at radius 1 is 1.50 bits per heavy atom. The molecule has 1 rings (SSSR count). The summed E-state index contributed by atoms with van der Waals surface area (Å²) < 4.78 is 0. The van der Waals surface area contributed by atoms with E-state index < -0.39 is 0 Å². The van der Waals surface area contributed by atoms with Gasteiger partial charge in [0.2, 0.25) is 0 Å². The molecule has 0 saturated heterocycles. The van der Waals surface area contributed by atoms with Crippen LogP contribution in [0.3, 0.4) is 0 Å². The molecule has 1 saturated carbocycles. The Labute approximate surface area is 46.5 Å². The van der Waals surface area contributed by atoms with Crippen LogP contribution >= 0.6 is 21.6 Å². The molecule has 0 aliphatic heterocycles. The van der Waals surface area contributed by atoms with Gasteiger partial charge in [-0.15, -0.1) is 0 Å². The molecule has 0 aromatic heterocycles. The van der Waals surface area contributed by atoms with Crippen molar-refractivity contribution >= 4 is 21.6 Å². The van der Waals surface area contributed by atoms with E-state index in [1.54, 1.807) is 0 Å². The average Bonchev–Trinajstić information content (AvgIpc) is 2.21. The smallest absolute Gasteiger partial charge is 0.0152 e. The first kappa shape index (κ1) is 4.85. The topological polar surface area (TPSA) is 0 Å². The lowest BCUT2D eigenvalue weighted by molar-refractivity contribution is 1.50. The van der Waals surface area contributed by atoms with Gasteiger partial charge in [0.05, 0.1) is 0 Å². The maximum Gasteiger partial charge on any atom is 0.0152 e. The molecular weight excluding hydrogens is 112 g/mol. The van der Waals surface area contributed by atoms with Crippen LogP contribution in [0.15, 0.2) is 0 Å². The third-order valence-electron chi connectivity index (χ3n) is 0.757. The fourth-order valence-electron chi connectivity index (χ4n) is 0.300. The van der Waals surface area contributed by atoms with Crippen LogP contribution in [0, 0.1) is 0 Å². The van der Waals surface area contributed by atoms with Gasteiger partial charge in [-0.25, -0.2) is 0 Å². The van der Waals surface area contributed by atoms with Gasteiger partial charge in [-0.05, 0) is 19.1 Å². The third kappa shape index (κ3) is 1.43. The van der Waals surface area contributed by atoms with E-state index in [-0.39, 0.29) is 0 Å². The second kappa shape index (κ2) is 2.12. The highest BCUT2D eigenvalue weighted by Gasteiger charge is 2.20. The Hall–Kier alpha value is 0.700. The van der Waals surface area contributed by atoms with E-state index in [0.29, 0.717) is 0 Å². The minimum absolute atomic E-state index is 1.03. The molecule has 1 fully saturated rings. The van der Waals surface area contributed by atoms with E-state index in [0.717, 1.165) is 5.25 Å². The molecule has 1 aliphatic carbocycles. The largest absolute Gasteiger partial charge is 0.0973 e. The lowest BCUT2D eigenvalue weighted by Gasteiger charge is -1.83. The van der Waals surface area contributed by atoms with Gasteiger partial charge in [-0.3, -0.25) is 0 Å². The molecule has 0 bridgehead atoms. The monoisotopic (exact) mass is 120 g/mol. The summed E-state index contributed by atoms with van der Waals surface area (Å²) in [6.07, 6.45) is 5.07. The van der Waals surface area contributed by atoms with Gasteiger partial charge in [-0.1, -0.05) is 21.6 Å². The Kier molecular flexibility index (Phi) is 1.72. The number of hydrogen-bond acceptors (Lipinski definition) is 2. The van der Waals surface area contributed by atoms with Gasteiger partial charge in [0.25, 0.3) is 0 Å². The van der Waals surface area contributed by atoms with Gasteiger partial charge >= 0.3 is 0 Å². The molecule has 2 heteroatoms. The summed E-state index contributed by atoms with van der Waals surface area (Å²) in [5.74, 6) is 0. The van der Waals surface area contributed by atoms with Crippen molar-refractivity contribution in [2.75, 3.05) is 6.26 Å². The molecule has 0 amide bonds. The van der Waals surface area contributed by atoms with Gasteiger partial charge in [0.15, 0.2) is 0 Å². The van der Waals surface area contributed by atoms with Crippen molar-refractivity contribution in [1.29, 1.82) is 0 Å². The first-order chi connectivity index (χ1) is 2.93. The van der Waals surface area contributed by atoms with Crippen LogP contribution in [0.1, 0.15) is 12.8 Å². The first-order valence-corrected chi connectivity index (χ1v) is 4.75. The molecule has 0 N–H and O–H groups in total. The second-order valence-corrected chi connectivity index (χ2v) is 4.23. The van der Waals surface area contributed by atoms with Gasteiger partial charge in [0.1, 0.15) is 0 Å². The minimum atomic E-state index is 1.03. The zero-order valence-corrected chi connectivity index (χ0v) is 5.44. The zero-order valence-electron chi connectivity index (χ0n) is 3.81. The molecule has 0 unspecified atom stereocenters. The van der Waals surface area contributed by atoms with Crippen molar-refractivity contribution in [1.82, 2.24) is 0 Å². The summed E-state index contributed by atoms with van der Waals surface area (Å²) in [5, 5.41) is 1.03. The molecule has 36 valence electrons. The highest BCUT2D eigenvalue weighted by molar-refractivity contribution is 8.76. The van der Waals surface area contributed by atoms with E-state index in [9.17, 15) is 0 Å². The van der Waals surface area contributed by atoms with E-state index >= 15 is 0 Å². The molecule has 0 aromatic carbocycles. The Balaban J connectivity index is 1.88. The van der Waals surface area contributed by atoms with Crippen molar-refractivity contribution in [2.24, 2.45) is 0 Å². The predicted octanol–water partition coefficient (Wildman–Crippen LogP) is 2.16. The summed E-state index contributed by atoms with van der Waals surface area (Å²) in [6, 6.07) is 0. The molecule has 0 aromatic rings. The quantitative estimate of drug-likeness (QED) is 0.512. The highest BCUT2D eigenvalue weighted by atomic mass is 33.1. The van der Waals surface area contributed by atoms with Crippen LogP contribution in [-0.4, -0.2) is 11.5 Å². The summed E-state index contributed by atoms with van der Waals surface area (Å²) in [6.45, 7) is 0. The summed E-state index contributed by atoms with van der Waals surface area (Å²) in [5.41, 5.74) is 0. The third-order valence-corrected chi connectivity index (χ3v) is 3.09. The first-order valence-electron chi connectivity index (χ1n) is 2.13. The summed E-state index contributed by atoms with van der Waals surface area (Å²) in [4.78, 5) is 0. The highest BCUT2D eigenvalue weighted by Crippen LogP contribution is 2.39. The molecule has 0 spiro atoms. The molecule has 0 radical (unpaired) electrons. The van der Waals surface area contributed by atoms with Crippen LogP contribution in [0.25, 0.3) is 0 Å². The fraction of sp³-hybridized carbons (Fsp3) is 1.00. The van der Waals surface area contributed by atoms with Crippen molar-refractivity contribution in [2.45, 2.75) is 18.1 Å². The summed E-state index contributed by atoms with van der Waals surface area (Å²) in [7, 11) is 3.90. The standard InChI is InChI=1S/C4H8S2/c1-5-6-4-2-3-4/h4H,2-3H2,1H3. The second-order valence-electron chi connectivity index (χ2n) is 1.46. The maximum atomic E-state index is 2.14. The van der Waals surface area contributed by atoms with Crippen molar-refractivity contribution in [3.63, 3.8) is 0 Å². The van der Waals surface area contributed by atoms with Crippen LogP contribution in [0.4, 0.5) is 0 Å². The molecular formula is C4H8S2. The molecule has 0 nitrogen and oxygen atoms in total. The lowest BCUT2D eigenvalue weighted by atomic mass is 11.0. The fourth-order valence-corrected chi connectivity index (χ4v) is 2.29. The number of hydrogen-bond donors (Lipinski definition) is 0. The molecule has 0 heterocycles. The van der Waals surface area contributed by atoms with Gasteiger partial charge in [0, 0.05) is 5.25 Å². The Bertz CT molecular complexity index is 40.8. The molecule has 6 heavy (non-hydrogen) atoms. The van der Waals surface area contributed by atoms with Crippen LogP contribution in [0.2, 0.25) is 0 Å². The van der Waals surface area contributed by atoms with Crippen molar-refractivity contribution < 1.29 is 0 Å². The predicted molar refractivity (Wildman–Crippen MR) is 34.1 cm³/mol. The normalized spacial score (nSPS) is 21.5. The van der Waals surface area contributed by atoms with Crippen LogP contribution in [-0.2, 0) is 0 Å². The van der Waals surface area contributed by atoms with Crippen molar-refractivity contribution in [3.8, 4) is 0 Å². The Morgan fingerprint density at radius 2 is 2.17 bits per heavy atom. The lowest BCUT2D eigenvalue weighted by Crippen LogP contribution is -1.58. The van der Waals surface area contributed by atoms with E-state index in [4.69, 9.17) is 0 Å². The Morgan fingerprint density at radius 3 is 2.33 bits per heavy atom. The number of rotatable bonds is 2. The zero-order chi connectivity index (χ0) is 4.41. The van der Waals surface area contributed by atoms with Crippen LogP contribution < -0.4 is 0 Å². The molecule has 0 atom stereocenters. The maximum absolute atomic E-state index is 2.14. The van der Waals surface area contributed by atoms with Crippen molar-refractivity contribution in [3.05, 3.63) is 0 Å². The van der Waals surface area contributed by atoms with Gasteiger partial charge < -0.3 is 0 Å². The van der Waals surface area contributed by atoms with E-state index in [1.165, 1.54) is 12.8 Å². The minimum Gasteiger partial charge on any atom is -0.0973 e. The SMILES string of the molecule is CSSC1CC1.